The van der Waals surface area contributed by atoms with E-state index in [0.29, 0.717) is 17.9 Å². The average molecular weight is 258 g/mol. The fourth-order valence-corrected chi connectivity index (χ4v) is 3.38. The lowest BCUT2D eigenvalue weighted by Gasteiger charge is -2.15. The Balaban J connectivity index is 2.16. The van der Waals surface area contributed by atoms with Gasteiger partial charge in [-0.25, -0.2) is 0 Å². The number of halogens is 1. The summed E-state index contributed by atoms with van der Waals surface area (Å²) in [4.78, 5) is 1.19. The van der Waals surface area contributed by atoms with Crippen LogP contribution in [0.3, 0.4) is 0 Å². The van der Waals surface area contributed by atoms with Gasteiger partial charge in [-0.15, -0.1) is 11.8 Å². The lowest BCUT2D eigenvalue weighted by Crippen LogP contribution is -2.13. The summed E-state index contributed by atoms with van der Waals surface area (Å²) in [5, 5.41) is 1.29. The Morgan fingerprint density at radius 1 is 1.56 bits per heavy atom. The van der Waals surface area contributed by atoms with Gasteiger partial charge in [-0.3, -0.25) is 0 Å². The molecule has 0 bridgehead atoms. The SMILES string of the molecule is CC1OCCC1Sc1cc(Cl)ccc1CN. The number of hydrogen-bond donors (Lipinski definition) is 1. The molecule has 2 atom stereocenters. The highest BCUT2D eigenvalue weighted by atomic mass is 35.5. The summed E-state index contributed by atoms with van der Waals surface area (Å²) in [5.74, 6) is 0. The Hall–Kier alpha value is -0.220. The first-order chi connectivity index (χ1) is 7.70. The minimum Gasteiger partial charge on any atom is -0.377 e. The van der Waals surface area contributed by atoms with Crippen LogP contribution in [0.5, 0.6) is 0 Å². The molecule has 0 spiro atoms. The summed E-state index contributed by atoms with van der Waals surface area (Å²) < 4.78 is 5.56. The zero-order chi connectivity index (χ0) is 11.5. The maximum absolute atomic E-state index is 6.01. The van der Waals surface area contributed by atoms with E-state index in [2.05, 4.69) is 6.92 Å². The van der Waals surface area contributed by atoms with Crippen LogP contribution in [-0.4, -0.2) is 18.0 Å². The zero-order valence-corrected chi connectivity index (χ0v) is 10.9. The van der Waals surface area contributed by atoms with Crippen molar-refractivity contribution in [2.45, 2.75) is 36.1 Å². The van der Waals surface area contributed by atoms with Crippen LogP contribution in [0.25, 0.3) is 0 Å². The average Bonchev–Trinajstić information content (AvgIpc) is 2.65. The van der Waals surface area contributed by atoms with Gasteiger partial charge in [0.2, 0.25) is 0 Å². The quantitative estimate of drug-likeness (QED) is 0.904. The minimum absolute atomic E-state index is 0.314. The molecular formula is C12H16ClNOS. The second-order valence-electron chi connectivity index (χ2n) is 3.98. The largest absolute Gasteiger partial charge is 0.377 e. The van der Waals surface area contributed by atoms with Gasteiger partial charge in [-0.05, 0) is 31.0 Å². The topological polar surface area (TPSA) is 35.2 Å². The number of rotatable bonds is 3. The molecule has 1 aliphatic rings. The predicted octanol–water partition coefficient (Wildman–Crippen LogP) is 3.07. The molecule has 2 rings (SSSR count). The number of thioether (sulfide) groups is 1. The summed E-state index contributed by atoms with van der Waals surface area (Å²) in [7, 11) is 0. The second-order valence-corrected chi connectivity index (χ2v) is 5.69. The van der Waals surface area contributed by atoms with Gasteiger partial charge in [0, 0.05) is 28.3 Å². The number of nitrogens with two attached hydrogens (primary N) is 1. The molecule has 88 valence electrons. The van der Waals surface area contributed by atoms with Gasteiger partial charge >= 0.3 is 0 Å². The van der Waals surface area contributed by atoms with Crippen LogP contribution >= 0.6 is 23.4 Å². The van der Waals surface area contributed by atoms with Crippen LogP contribution < -0.4 is 5.73 Å². The molecule has 0 radical (unpaired) electrons. The van der Waals surface area contributed by atoms with Crippen molar-refractivity contribution in [3.8, 4) is 0 Å². The fraction of sp³-hybridized carbons (Fsp3) is 0.500. The number of benzene rings is 1. The molecular weight excluding hydrogens is 242 g/mol. The van der Waals surface area contributed by atoms with Crippen LogP contribution in [0.4, 0.5) is 0 Å². The summed E-state index contributed by atoms with van der Waals surface area (Å²) >= 11 is 7.85. The molecule has 2 nitrogen and oxygen atoms in total. The van der Waals surface area contributed by atoms with Crippen LogP contribution in [0.1, 0.15) is 18.9 Å². The molecule has 1 aromatic carbocycles. The van der Waals surface area contributed by atoms with Crippen LogP contribution in [0.2, 0.25) is 5.02 Å². The summed E-state index contributed by atoms with van der Waals surface area (Å²) in [6.45, 7) is 3.54. The van der Waals surface area contributed by atoms with Gasteiger partial charge in [0.1, 0.15) is 0 Å². The van der Waals surface area contributed by atoms with Crippen molar-refractivity contribution in [2.75, 3.05) is 6.61 Å². The van der Waals surface area contributed by atoms with Crippen molar-refractivity contribution < 1.29 is 4.74 Å². The van der Waals surface area contributed by atoms with Crippen molar-refractivity contribution in [1.82, 2.24) is 0 Å². The molecule has 1 heterocycles. The third kappa shape index (κ3) is 2.72. The van der Waals surface area contributed by atoms with Crippen LogP contribution in [-0.2, 0) is 11.3 Å². The summed E-state index contributed by atoms with van der Waals surface area (Å²) in [6, 6.07) is 5.90. The molecule has 1 fully saturated rings. The lowest BCUT2D eigenvalue weighted by atomic mass is 10.2. The van der Waals surface area contributed by atoms with E-state index in [1.807, 2.05) is 30.0 Å². The fourth-order valence-electron chi connectivity index (χ4n) is 1.84. The molecule has 16 heavy (non-hydrogen) atoms. The van der Waals surface area contributed by atoms with Crippen molar-refractivity contribution in [3.05, 3.63) is 28.8 Å². The Morgan fingerprint density at radius 2 is 2.38 bits per heavy atom. The van der Waals surface area contributed by atoms with Gasteiger partial charge in [-0.2, -0.15) is 0 Å². The number of ether oxygens (including phenoxy) is 1. The van der Waals surface area contributed by atoms with Crippen LogP contribution in [0.15, 0.2) is 23.1 Å². The maximum atomic E-state index is 6.01. The predicted molar refractivity (Wildman–Crippen MR) is 69.0 cm³/mol. The first-order valence-electron chi connectivity index (χ1n) is 5.47. The van der Waals surface area contributed by atoms with E-state index >= 15 is 0 Å². The zero-order valence-electron chi connectivity index (χ0n) is 9.28. The van der Waals surface area contributed by atoms with E-state index in [0.717, 1.165) is 23.6 Å². The van der Waals surface area contributed by atoms with Gasteiger partial charge in [-0.1, -0.05) is 17.7 Å². The van der Waals surface area contributed by atoms with Gasteiger partial charge in [0.25, 0.3) is 0 Å². The molecule has 1 aliphatic heterocycles. The van der Waals surface area contributed by atoms with Gasteiger partial charge in [0.05, 0.1) is 6.10 Å². The Morgan fingerprint density at radius 3 is 3.00 bits per heavy atom. The summed E-state index contributed by atoms with van der Waals surface area (Å²) in [5.41, 5.74) is 6.88. The lowest BCUT2D eigenvalue weighted by molar-refractivity contribution is 0.127. The van der Waals surface area contributed by atoms with E-state index in [-0.39, 0.29) is 0 Å². The van der Waals surface area contributed by atoms with E-state index < -0.39 is 0 Å². The first-order valence-corrected chi connectivity index (χ1v) is 6.73. The molecule has 0 aliphatic carbocycles. The Bertz CT molecular complexity index is 372. The van der Waals surface area contributed by atoms with Gasteiger partial charge in [0.15, 0.2) is 0 Å². The third-order valence-corrected chi connectivity index (χ3v) is 4.62. The van der Waals surface area contributed by atoms with E-state index in [1.54, 1.807) is 0 Å². The highest BCUT2D eigenvalue weighted by Gasteiger charge is 2.25. The molecule has 0 aromatic heterocycles. The van der Waals surface area contributed by atoms with E-state index in [9.17, 15) is 0 Å². The van der Waals surface area contributed by atoms with Crippen molar-refractivity contribution in [2.24, 2.45) is 5.73 Å². The van der Waals surface area contributed by atoms with Crippen molar-refractivity contribution in [3.63, 3.8) is 0 Å². The smallest absolute Gasteiger partial charge is 0.0669 e. The highest BCUT2D eigenvalue weighted by molar-refractivity contribution is 8.00. The Labute approximate surface area is 105 Å². The summed E-state index contributed by atoms with van der Waals surface area (Å²) in [6.07, 6.45) is 1.41. The maximum Gasteiger partial charge on any atom is 0.0669 e. The molecule has 0 amide bonds. The highest BCUT2D eigenvalue weighted by Crippen LogP contribution is 2.35. The molecule has 1 aromatic rings. The minimum atomic E-state index is 0.314. The van der Waals surface area contributed by atoms with E-state index in [4.69, 9.17) is 22.1 Å². The van der Waals surface area contributed by atoms with Gasteiger partial charge < -0.3 is 10.5 Å². The van der Waals surface area contributed by atoms with Crippen molar-refractivity contribution in [1.29, 1.82) is 0 Å². The third-order valence-electron chi connectivity index (χ3n) is 2.83. The Kier molecular flexibility index (Phi) is 4.14. The molecule has 2 unspecified atom stereocenters. The van der Waals surface area contributed by atoms with E-state index in [1.165, 1.54) is 4.90 Å². The standard InChI is InChI=1S/C12H16ClNOS/c1-8-11(4-5-15-8)16-12-6-10(13)3-2-9(12)7-14/h2-3,6,8,11H,4-5,7,14H2,1H3. The normalized spacial score (nSPS) is 24.9. The first kappa shape index (κ1) is 12.2. The molecule has 0 saturated carbocycles. The monoisotopic (exact) mass is 257 g/mol. The molecule has 1 saturated heterocycles. The molecule has 2 N–H and O–H groups in total. The molecule has 4 heteroatoms. The van der Waals surface area contributed by atoms with Crippen molar-refractivity contribution >= 4 is 23.4 Å². The van der Waals surface area contributed by atoms with Crippen LogP contribution in [0, 0.1) is 0 Å². The second kappa shape index (κ2) is 5.41. The number of hydrogen-bond acceptors (Lipinski definition) is 3.